The average molecular weight is 260 g/mol. The van der Waals surface area contributed by atoms with Gasteiger partial charge in [-0.3, -0.25) is 0 Å². The maximum Gasteiger partial charge on any atom is 0.335 e. The minimum Gasteiger partial charge on any atom is -0.478 e. The van der Waals surface area contributed by atoms with Crippen LogP contribution in [0.4, 0.5) is 0 Å². The van der Waals surface area contributed by atoms with Crippen LogP contribution in [0.15, 0.2) is 24.3 Å². The third kappa shape index (κ3) is 2.48. The molecular weight excluding hydrogens is 244 g/mol. The minimum atomic E-state index is -0.947. The molecule has 19 heavy (non-hydrogen) atoms. The van der Waals surface area contributed by atoms with Gasteiger partial charge in [-0.25, -0.2) is 9.48 Å². The summed E-state index contributed by atoms with van der Waals surface area (Å²) in [6.45, 7) is 4.42. The van der Waals surface area contributed by atoms with Crippen molar-refractivity contribution < 1.29 is 9.90 Å². The summed E-state index contributed by atoms with van der Waals surface area (Å²) in [5.41, 5.74) is 8.38. The van der Waals surface area contributed by atoms with Gasteiger partial charge < -0.3 is 10.8 Å². The Kier molecular flexibility index (Phi) is 3.62. The van der Waals surface area contributed by atoms with Gasteiger partial charge in [0.1, 0.15) is 5.69 Å². The van der Waals surface area contributed by atoms with Crippen molar-refractivity contribution in [3.05, 3.63) is 41.2 Å². The highest BCUT2D eigenvalue weighted by Crippen LogP contribution is 2.21. The third-order valence-corrected chi connectivity index (χ3v) is 2.88. The molecule has 0 aliphatic carbocycles. The van der Waals surface area contributed by atoms with Gasteiger partial charge in [-0.05, 0) is 30.2 Å². The molecule has 2 rings (SSSR count). The summed E-state index contributed by atoms with van der Waals surface area (Å²) < 4.78 is 1.71. The molecule has 0 fully saturated rings. The molecule has 0 aliphatic heterocycles. The number of carboxylic acids is 1. The molecule has 0 aliphatic rings. The molecule has 0 bridgehead atoms. The van der Waals surface area contributed by atoms with E-state index in [2.05, 4.69) is 10.3 Å². The molecule has 0 unspecified atom stereocenters. The molecular formula is C13H16N4O2. The zero-order chi connectivity index (χ0) is 14.0. The summed E-state index contributed by atoms with van der Waals surface area (Å²) >= 11 is 0. The fourth-order valence-electron chi connectivity index (χ4n) is 1.98. The van der Waals surface area contributed by atoms with Crippen LogP contribution >= 0.6 is 0 Å². The van der Waals surface area contributed by atoms with Crippen LogP contribution in [-0.2, 0) is 6.54 Å². The van der Waals surface area contributed by atoms with Crippen molar-refractivity contribution in [1.82, 2.24) is 15.0 Å². The van der Waals surface area contributed by atoms with Crippen LogP contribution < -0.4 is 5.73 Å². The second kappa shape index (κ2) is 5.19. The SMILES string of the molecule is CC(C)c1c(CN)nnn1-c1ccc(C(=O)O)cc1. The molecule has 6 heteroatoms. The molecule has 100 valence electrons. The summed E-state index contributed by atoms with van der Waals surface area (Å²) in [4.78, 5) is 10.8. The molecule has 0 saturated carbocycles. The number of hydrogen-bond donors (Lipinski definition) is 2. The first-order valence-corrected chi connectivity index (χ1v) is 6.03. The molecule has 0 spiro atoms. The van der Waals surface area contributed by atoms with Gasteiger partial charge in [0.25, 0.3) is 0 Å². The number of aromatic nitrogens is 3. The lowest BCUT2D eigenvalue weighted by molar-refractivity contribution is 0.0697. The Hall–Kier alpha value is -2.21. The molecule has 0 radical (unpaired) electrons. The van der Waals surface area contributed by atoms with Crippen molar-refractivity contribution >= 4 is 5.97 Å². The number of hydrogen-bond acceptors (Lipinski definition) is 4. The first-order chi connectivity index (χ1) is 9.04. The Labute approximate surface area is 110 Å². The summed E-state index contributed by atoms with van der Waals surface area (Å²) in [5, 5.41) is 17.0. The predicted molar refractivity (Wildman–Crippen MR) is 70.3 cm³/mol. The monoisotopic (exact) mass is 260 g/mol. The number of nitrogens with two attached hydrogens (primary N) is 1. The highest BCUT2D eigenvalue weighted by atomic mass is 16.4. The maximum atomic E-state index is 10.8. The first-order valence-electron chi connectivity index (χ1n) is 6.03. The van der Waals surface area contributed by atoms with Crippen LogP contribution in [0.2, 0.25) is 0 Å². The van der Waals surface area contributed by atoms with Gasteiger partial charge >= 0.3 is 5.97 Å². The largest absolute Gasteiger partial charge is 0.478 e. The smallest absolute Gasteiger partial charge is 0.335 e. The van der Waals surface area contributed by atoms with E-state index in [9.17, 15) is 4.79 Å². The van der Waals surface area contributed by atoms with Crippen LogP contribution in [0.25, 0.3) is 5.69 Å². The van der Waals surface area contributed by atoms with Crippen molar-refractivity contribution in [2.24, 2.45) is 5.73 Å². The third-order valence-electron chi connectivity index (χ3n) is 2.88. The lowest BCUT2D eigenvalue weighted by Gasteiger charge is -2.10. The van der Waals surface area contributed by atoms with Gasteiger partial charge in [0, 0.05) is 6.54 Å². The molecule has 1 aromatic carbocycles. The van der Waals surface area contributed by atoms with Crippen LogP contribution in [0.3, 0.4) is 0 Å². The number of aromatic carboxylic acids is 1. The number of nitrogens with zero attached hydrogens (tertiary/aromatic N) is 3. The molecule has 3 N–H and O–H groups in total. The van der Waals surface area contributed by atoms with Crippen LogP contribution in [0.5, 0.6) is 0 Å². The molecule has 1 heterocycles. The van der Waals surface area contributed by atoms with E-state index in [1.54, 1.807) is 28.9 Å². The zero-order valence-electron chi connectivity index (χ0n) is 10.9. The highest BCUT2D eigenvalue weighted by molar-refractivity contribution is 5.87. The Morgan fingerprint density at radius 2 is 2.00 bits per heavy atom. The number of rotatable bonds is 4. The molecule has 0 saturated heterocycles. The fourth-order valence-corrected chi connectivity index (χ4v) is 1.98. The number of carboxylic acid groups (broad SMARTS) is 1. The Balaban J connectivity index is 2.47. The number of carbonyl (C=O) groups is 1. The molecule has 2 aromatic rings. The van der Waals surface area contributed by atoms with Crippen molar-refractivity contribution in [3.63, 3.8) is 0 Å². The van der Waals surface area contributed by atoms with Crippen LogP contribution in [0.1, 0.15) is 41.5 Å². The van der Waals surface area contributed by atoms with Gasteiger partial charge in [-0.2, -0.15) is 0 Å². The zero-order valence-corrected chi connectivity index (χ0v) is 10.9. The predicted octanol–water partition coefficient (Wildman–Crippen LogP) is 1.55. The quantitative estimate of drug-likeness (QED) is 0.869. The Morgan fingerprint density at radius 3 is 2.47 bits per heavy atom. The average Bonchev–Trinajstić information content (AvgIpc) is 2.82. The maximum absolute atomic E-state index is 10.8. The summed E-state index contributed by atoms with van der Waals surface area (Å²) in [5.74, 6) is -0.718. The van der Waals surface area contributed by atoms with E-state index in [0.717, 1.165) is 17.1 Å². The van der Waals surface area contributed by atoms with Crippen molar-refractivity contribution in [2.75, 3.05) is 0 Å². The van der Waals surface area contributed by atoms with Crippen LogP contribution in [0, 0.1) is 0 Å². The van der Waals surface area contributed by atoms with E-state index < -0.39 is 5.97 Å². The molecule has 6 nitrogen and oxygen atoms in total. The highest BCUT2D eigenvalue weighted by Gasteiger charge is 2.16. The topological polar surface area (TPSA) is 94.0 Å². The van der Waals surface area contributed by atoms with Gasteiger partial charge in [-0.1, -0.05) is 19.1 Å². The van der Waals surface area contributed by atoms with E-state index >= 15 is 0 Å². The summed E-state index contributed by atoms with van der Waals surface area (Å²) in [7, 11) is 0. The summed E-state index contributed by atoms with van der Waals surface area (Å²) in [6, 6.07) is 6.52. The first kappa shape index (κ1) is 13.2. The van der Waals surface area contributed by atoms with E-state index in [0.29, 0.717) is 6.54 Å². The Bertz CT molecular complexity index is 587. The van der Waals surface area contributed by atoms with Crippen molar-refractivity contribution in [3.8, 4) is 5.69 Å². The van der Waals surface area contributed by atoms with E-state index in [1.807, 2.05) is 13.8 Å². The van der Waals surface area contributed by atoms with Gasteiger partial charge in [-0.15, -0.1) is 5.10 Å². The van der Waals surface area contributed by atoms with E-state index in [-0.39, 0.29) is 11.5 Å². The van der Waals surface area contributed by atoms with E-state index in [1.165, 1.54) is 0 Å². The summed E-state index contributed by atoms with van der Waals surface area (Å²) in [6.07, 6.45) is 0. The van der Waals surface area contributed by atoms with Gasteiger partial charge in [0.15, 0.2) is 0 Å². The normalized spacial score (nSPS) is 10.9. The standard InChI is InChI=1S/C13H16N4O2/c1-8(2)12-11(7-14)15-16-17(12)10-5-3-9(4-6-10)13(18)19/h3-6,8H,7,14H2,1-2H3,(H,18,19). The number of benzene rings is 1. The fraction of sp³-hybridized carbons (Fsp3) is 0.308. The lowest BCUT2D eigenvalue weighted by Crippen LogP contribution is -2.08. The second-order valence-electron chi connectivity index (χ2n) is 4.54. The molecule has 0 atom stereocenters. The van der Waals surface area contributed by atoms with Crippen molar-refractivity contribution in [1.29, 1.82) is 0 Å². The second-order valence-corrected chi connectivity index (χ2v) is 4.54. The van der Waals surface area contributed by atoms with Gasteiger partial charge in [0.05, 0.1) is 16.9 Å². The molecule has 1 aromatic heterocycles. The van der Waals surface area contributed by atoms with E-state index in [4.69, 9.17) is 10.8 Å². The van der Waals surface area contributed by atoms with Crippen LogP contribution in [-0.4, -0.2) is 26.1 Å². The minimum absolute atomic E-state index is 0.229. The lowest BCUT2D eigenvalue weighted by atomic mass is 10.1. The van der Waals surface area contributed by atoms with Gasteiger partial charge in [0.2, 0.25) is 0 Å². The van der Waals surface area contributed by atoms with Crippen molar-refractivity contribution in [2.45, 2.75) is 26.3 Å². The Morgan fingerprint density at radius 1 is 1.37 bits per heavy atom. The molecule has 0 amide bonds.